The van der Waals surface area contributed by atoms with Crippen molar-refractivity contribution in [2.45, 2.75) is 76.8 Å². The molecule has 0 amide bonds. The quantitative estimate of drug-likeness (QED) is 0.556. The number of nitrogens with zero attached hydrogens (tertiary/aromatic N) is 2. The molecule has 3 rings (SSSR count). The van der Waals surface area contributed by atoms with Gasteiger partial charge in [-0.3, -0.25) is 4.90 Å². The van der Waals surface area contributed by atoms with E-state index in [0.29, 0.717) is 12.2 Å². The van der Waals surface area contributed by atoms with E-state index in [4.69, 9.17) is 18.9 Å². The zero-order valence-electron chi connectivity index (χ0n) is 18.6. The zero-order valence-corrected chi connectivity index (χ0v) is 18.6. The predicted molar refractivity (Wildman–Crippen MR) is 111 cm³/mol. The zero-order chi connectivity index (χ0) is 20.0. The monoisotopic (exact) mass is 398 g/mol. The third-order valence-corrected chi connectivity index (χ3v) is 6.18. The van der Waals surface area contributed by atoms with Crippen molar-refractivity contribution in [3.63, 3.8) is 0 Å². The number of likely N-dealkylation sites (tertiary alicyclic amines) is 1. The second-order valence-electron chi connectivity index (χ2n) is 9.66. The molecule has 0 atom stereocenters. The Bertz CT molecular complexity index is 454. The highest BCUT2D eigenvalue weighted by Gasteiger charge is 2.39. The highest BCUT2D eigenvalue weighted by atomic mass is 16.5. The van der Waals surface area contributed by atoms with Gasteiger partial charge in [-0.25, -0.2) is 0 Å². The summed E-state index contributed by atoms with van der Waals surface area (Å²) < 4.78 is 23.8. The average Bonchev–Trinajstić information content (AvgIpc) is 2.61. The minimum atomic E-state index is -0.0425. The molecule has 2 saturated heterocycles. The first-order chi connectivity index (χ1) is 13.4. The molecule has 2 aliphatic heterocycles. The molecule has 1 aliphatic carbocycles. The van der Waals surface area contributed by atoms with Gasteiger partial charge in [0.05, 0.1) is 43.2 Å². The predicted octanol–water partition coefficient (Wildman–Crippen LogP) is 2.55. The normalized spacial score (nSPS) is 29.1. The lowest BCUT2D eigenvalue weighted by Crippen LogP contribution is -2.57. The number of rotatable bonds is 9. The molecule has 1 spiro atoms. The summed E-state index contributed by atoms with van der Waals surface area (Å²) in [4.78, 5) is 5.06. The number of ether oxygens (including phenoxy) is 4. The Labute approximate surface area is 171 Å². The molecular formula is C22H42N2O4. The van der Waals surface area contributed by atoms with Gasteiger partial charge in [-0.15, -0.1) is 0 Å². The van der Waals surface area contributed by atoms with Crippen molar-refractivity contribution in [1.29, 1.82) is 0 Å². The van der Waals surface area contributed by atoms with Gasteiger partial charge >= 0.3 is 0 Å². The van der Waals surface area contributed by atoms with Crippen molar-refractivity contribution in [3.05, 3.63) is 0 Å². The van der Waals surface area contributed by atoms with Gasteiger partial charge in [0.1, 0.15) is 0 Å². The van der Waals surface area contributed by atoms with E-state index in [9.17, 15) is 0 Å². The first-order valence-electron chi connectivity index (χ1n) is 11.3. The van der Waals surface area contributed by atoms with Crippen molar-refractivity contribution >= 4 is 0 Å². The van der Waals surface area contributed by atoms with Gasteiger partial charge in [-0.2, -0.15) is 0 Å². The van der Waals surface area contributed by atoms with Gasteiger partial charge in [0, 0.05) is 45.9 Å². The SMILES string of the molecule is CCOCCN1CCOC2(CCN(CCOC3CC(OC(C)(C)C)C3)CC2)C1. The summed E-state index contributed by atoms with van der Waals surface area (Å²) in [5, 5.41) is 0. The molecule has 28 heavy (non-hydrogen) atoms. The van der Waals surface area contributed by atoms with Crippen LogP contribution in [0.2, 0.25) is 0 Å². The van der Waals surface area contributed by atoms with Gasteiger partial charge in [-0.05, 0) is 53.4 Å². The van der Waals surface area contributed by atoms with Crippen LogP contribution in [0.3, 0.4) is 0 Å². The third kappa shape index (κ3) is 6.92. The van der Waals surface area contributed by atoms with E-state index in [1.165, 1.54) is 0 Å². The molecule has 1 saturated carbocycles. The highest BCUT2D eigenvalue weighted by molar-refractivity contribution is 4.93. The maximum atomic E-state index is 6.26. The van der Waals surface area contributed by atoms with E-state index in [0.717, 1.165) is 91.4 Å². The van der Waals surface area contributed by atoms with Crippen molar-refractivity contribution in [2.24, 2.45) is 0 Å². The summed E-state index contributed by atoms with van der Waals surface area (Å²) in [5.41, 5.74) is 0.0203. The topological polar surface area (TPSA) is 43.4 Å². The average molecular weight is 399 g/mol. The Morgan fingerprint density at radius 2 is 1.68 bits per heavy atom. The molecule has 0 aromatic rings. The van der Waals surface area contributed by atoms with Crippen LogP contribution in [0.1, 0.15) is 53.4 Å². The highest BCUT2D eigenvalue weighted by Crippen LogP contribution is 2.31. The number of hydrogen-bond donors (Lipinski definition) is 0. The first kappa shape index (κ1) is 22.4. The van der Waals surface area contributed by atoms with Crippen LogP contribution in [-0.4, -0.2) is 98.9 Å². The van der Waals surface area contributed by atoms with Crippen LogP contribution in [0.15, 0.2) is 0 Å². The molecule has 3 aliphatic rings. The van der Waals surface area contributed by atoms with Crippen LogP contribution in [0.5, 0.6) is 0 Å². The van der Waals surface area contributed by atoms with Gasteiger partial charge < -0.3 is 23.8 Å². The van der Waals surface area contributed by atoms with Gasteiger partial charge in [0.25, 0.3) is 0 Å². The minimum Gasteiger partial charge on any atom is -0.380 e. The fourth-order valence-electron chi connectivity index (χ4n) is 4.54. The van der Waals surface area contributed by atoms with E-state index < -0.39 is 0 Å². The molecule has 164 valence electrons. The Morgan fingerprint density at radius 1 is 0.964 bits per heavy atom. The number of hydrogen-bond acceptors (Lipinski definition) is 6. The Hall–Kier alpha value is -0.240. The maximum absolute atomic E-state index is 6.26. The molecule has 0 N–H and O–H groups in total. The number of morpholine rings is 1. The fraction of sp³-hybridized carbons (Fsp3) is 1.00. The molecule has 3 fully saturated rings. The van der Waals surface area contributed by atoms with Crippen LogP contribution >= 0.6 is 0 Å². The Kier molecular flexibility index (Phi) is 8.16. The third-order valence-electron chi connectivity index (χ3n) is 6.18. The number of piperidine rings is 1. The van der Waals surface area contributed by atoms with E-state index in [1.807, 2.05) is 0 Å². The minimum absolute atomic E-state index is 0.0425. The summed E-state index contributed by atoms with van der Waals surface area (Å²) in [6, 6.07) is 0. The molecular weight excluding hydrogens is 356 g/mol. The molecule has 6 nitrogen and oxygen atoms in total. The second kappa shape index (κ2) is 10.2. The molecule has 0 unspecified atom stereocenters. The summed E-state index contributed by atoms with van der Waals surface area (Å²) in [6.45, 7) is 18.1. The van der Waals surface area contributed by atoms with E-state index in [1.54, 1.807) is 0 Å². The van der Waals surface area contributed by atoms with Gasteiger partial charge in [-0.1, -0.05) is 0 Å². The lowest BCUT2D eigenvalue weighted by molar-refractivity contribution is -0.154. The maximum Gasteiger partial charge on any atom is 0.0833 e. The van der Waals surface area contributed by atoms with Crippen LogP contribution in [0, 0.1) is 0 Å². The molecule has 0 aromatic heterocycles. The summed E-state index contributed by atoms with van der Waals surface area (Å²) in [6.07, 6.45) is 5.13. The Balaban J connectivity index is 1.27. The standard InChI is InChI=1S/C22H42N2O4/c1-5-25-13-10-24-12-15-27-22(18-24)6-8-23(9-7-22)11-14-26-19-16-20(17-19)28-21(2,3)4/h19-20H,5-18H2,1-4H3. The lowest BCUT2D eigenvalue weighted by atomic mass is 9.89. The van der Waals surface area contributed by atoms with E-state index in [-0.39, 0.29) is 11.2 Å². The van der Waals surface area contributed by atoms with Crippen molar-refractivity contribution in [1.82, 2.24) is 9.80 Å². The second-order valence-corrected chi connectivity index (χ2v) is 9.66. The molecule has 2 heterocycles. The first-order valence-corrected chi connectivity index (χ1v) is 11.3. The molecule has 0 bridgehead atoms. The largest absolute Gasteiger partial charge is 0.380 e. The van der Waals surface area contributed by atoms with Crippen LogP contribution < -0.4 is 0 Å². The molecule has 6 heteroatoms. The lowest BCUT2D eigenvalue weighted by Gasteiger charge is -2.47. The van der Waals surface area contributed by atoms with Gasteiger partial charge in [0.2, 0.25) is 0 Å². The molecule has 0 radical (unpaired) electrons. The summed E-state index contributed by atoms with van der Waals surface area (Å²) in [7, 11) is 0. The van der Waals surface area contributed by atoms with Crippen LogP contribution in [0.4, 0.5) is 0 Å². The van der Waals surface area contributed by atoms with E-state index >= 15 is 0 Å². The summed E-state index contributed by atoms with van der Waals surface area (Å²) in [5.74, 6) is 0. The van der Waals surface area contributed by atoms with E-state index in [2.05, 4.69) is 37.5 Å². The van der Waals surface area contributed by atoms with Crippen molar-refractivity contribution in [3.8, 4) is 0 Å². The van der Waals surface area contributed by atoms with Crippen LogP contribution in [-0.2, 0) is 18.9 Å². The fourth-order valence-corrected chi connectivity index (χ4v) is 4.54. The Morgan fingerprint density at radius 3 is 2.36 bits per heavy atom. The van der Waals surface area contributed by atoms with Gasteiger partial charge in [0.15, 0.2) is 0 Å². The van der Waals surface area contributed by atoms with Crippen molar-refractivity contribution < 1.29 is 18.9 Å². The van der Waals surface area contributed by atoms with Crippen molar-refractivity contribution in [2.75, 3.05) is 65.7 Å². The smallest absolute Gasteiger partial charge is 0.0833 e. The molecule has 0 aromatic carbocycles. The summed E-state index contributed by atoms with van der Waals surface area (Å²) >= 11 is 0. The van der Waals surface area contributed by atoms with Crippen LogP contribution in [0.25, 0.3) is 0 Å².